The molecule has 18 heavy (non-hydrogen) atoms. The first-order valence-corrected chi connectivity index (χ1v) is 6.33. The minimum atomic E-state index is -0.512. The second-order valence-corrected chi connectivity index (χ2v) is 4.59. The van der Waals surface area contributed by atoms with Crippen LogP contribution >= 0.6 is 11.6 Å². The lowest BCUT2D eigenvalue weighted by molar-refractivity contribution is -0.142. The standard InChI is InChI=1S/C13H16ClNO3/c1-10(13(16)15-5-7-17-8-6-15)18-12-4-2-3-11(14)9-12/h2-4,9-10H,5-8H2,1H3. The van der Waals surface area contributed by atoms with Gasteiger partial charge in [0.05, 0.1) is 13.2 Å². The molecule has 2 rings (SSSR count). The van der Waals surface area contributed by atoms with Crippen LogP contribution in [0.4, 0.5) is 0 Å². The van der Waals surface area contributed by atoms with E-state index in [1.165, 1.54) is 0 Å². The minimum absolute atomic E-state index is 0.0155. The number of amides is 1. The maximum absolute atomic E-state index is 12.1. The van der Waals surface area contributed by atoms with Crippen LogP contribution in [0.15, 0.2) is 24.3 Å². The summed E-state index contributed by atoms with van der Waals surface area (Å²) in [5.74, 6) is 0.592. The van der Waals surface area contributed by atoms with Gasteiger partial charge in [-0.2, -0.15) is 0 Å². The van der Waals surface area contributed by atoms with Gasteiger partial charge in [0.15, 0.2) is 6.10 Å². The average Bonchev–Trinajstić information content (AvgIpc) is 2.39. The van der Waals surface area contributed by atoms with Gasteiger partial charge in [-0.15, -0.1) is 0 Å². The van der Waals surface area contributed by atoms with E-state index in [1.807, 2.05) is 0 Å². The zero-order valence-electron chi connectivity index (χ0n) is 10.3. The molecule has 1 aromatic rings. The summed E-state index contributed by atoms with van der Waals surface area (Å²) in [6, 6.07) is 7.05. The summed E-state index contributed by atoms with van der Waals surface area (Å²) in [6.45, 7) is 4.19. The summed E-state index contributed by atoms with van der Waals surface area (Å²) in [5.41, 5.74) is 0. The predicted octanol–water partition coefficient (Wildman–Crippen LogP) is 1.97. The van der Waals surface area contributed by atoms with Crippen LogP contribution in [0.25, 0.3) is 0 Å². The van der Waals surface area contributed by atoms with E-state index < -0.39 is 6.10 Å². The third-order valence-electron chi connectivity index (χ3n) is 2.78. The number of morpholine rings is 1. The SMILES string of the molecule is CC(Oc1cccc(Cl)c1)C(=O)N1CCOCC1. The van der Waals surface area contributed by atoms with Gasteiger partial charge in [0, 0.05) is 18.1 Å². The first-order valence-electron chi connectivity index (χ1n) is 5.95. The maximum Gasteiger partial charge on any atom is 0.263 e. The van der Waals surface area contributed by atoms with E-state index in [0.717, 1.165) is 0 Å². The molecule has 0 N–H and O–H groups in total. The maximum atomic E-state index is 12.1. The van der Waals surface area contributed by atoms with Crippen molar-refractivity contribution in [2.24, 2.45) is 0 Å². The third-order valence-corrected chi connectivity index (χ3v) is 3.01. The lowest BCUT2D eigenvalue weighted by Crippen LogP contribution is -2.46. The number of halogens is 1. The quantitative estimate of drug-likeness (QED) is 0.842. The van der Waals surface area contributed by atoms with Crippen molar-refractivity contribution in [2.45, 2.75) is 13.0 Å². The molecule has 1 amide bonds. The zero-order valence-corrected chi connectivity index (χ0v) is 11.0. The second kappa shape index (κ2) is 6.07. The molecule has 1 aromatic carbocycles. The number of nitrogens with zero attached hydrogens (tertiary/aromatic N) is 1. The summed E-state index contributed by atoms with van der Waals surface area (Å²) < 4.78 is 10.8. The Morgan fingerprint density at radius 1 is 1.44 bits per heavy atom. The van der Waals surface area contributed by atoms with Crippen molar-refractivity contribution in [1.29, 1.82) is 0 Å². The highest BCUT2D eigenvalue weighted by Crippen LogP contribution is 2.19. The lowest BCUT2D eigenvalue weighted by atomic mass is 10.3. The Hall–Kier alpha value is -1.26. The lowest BCUT2D eigenvalue weighted by Gasteiger charge is -2.29. The summed E-state index contributed by atoms with van der Waals surface area (Å²) in [4.78, 5) is 13.9. The molecular formula is C13H16ClNO3. The van der Waals surface area contributed by atoms with Gasteiger partial charge in [0.2, 0.25) is 0 Å². The van der Waals surface area contributed by atoms with Crippen molar-refractivity contribution in [3.63, 3.8) is 0 Å². The number of ether oxygens (including phenoxy) is 2. The molecule has 0 saturated carbocycles. The third kappa shape index (κ3) is 3.37. The van der Waals surface area contributed by atoms with Crippen molar-refractivity contribution in [3.05, 3.63) is 29.3 Å². The molecule has 0 radical (unpaired) electrons. The second-order valence-electron chi connectivity index (χ2n) is 4.16. The van der Waals surface area contributed by atoms with E-state index >= 15 is 0 Å². The highest BCUT2D eigenvalue weighted by Gasteiger charge is 2.23. The van der Waals surface area contributed by atoms with Gasteiger partial charge in [-0.1, -0.05) is 17.7 Å². The first kappa shape index (κ1) is 13.2. The highest BCUT2D eigenvalue weighted by atomic mass is 35.5. The number of carbonyl (C=O) groups excluding carboxylic acids is 1. The molecule has 1 saturated heterocycles. The average molecular weight is 270 g/mol. The van der Waals surface area contributed by atoms with Crippen LogP contribution in [-0.2, 0) is 9.53 Å². The fourth-order valence-corrected chi connectivity index (χ4v) is 2.02. The van der Waals surface area contributed by atoms with Gasteiger partial charge >= 0.3 is 0 Å². The van der Waals surface area contributed by atoms with Gasteiger partial charge in [-0.05, 0) is 25.1 Å². The molecule has 5 heteroatoms. The van der Waals surface area contributed by atoms with Crippen LogP contribution in [0.1, 0.15) is 6.92 Å². The van der Waals surface area contributed by atoms with Gasteiger partial charge in [0.1, 0.15) is 5.75 Å². The Morgan fingerprint density at radius 2 is 2.17 bits per heavy atom. The van der Waals surface area contributed by atoms with Gasteiger partial charge in [-0.25, -0.2) is 0 Å². The molecule has 0 aliphatic carbocycles. The Bertz CT molecular complexity index is 418. The van der Waals surface area contributed by atoms with Crippen LogP contribution in [0.2, 0.25) is 5.02 Å². The van der Waals surface area contributed by atoms with Crippen molar-refractivity contribution in [2.75, 3.05) is 26.3 Å². The molecule has 1 atom stereocenters. The molecule has 1 heterocycles. The number of carbonyl (C=O) groups is 1. The van der Waals surface area contributed by atoms with Crippen LogP contribution in [0.3, 0.4) is 0 Å². The summed E-state index contributed by atoms with van der Waals surface area (Å²) in [6.07, 6.45) is -0.512. The van der Waals surface area contributed by atoms with Crippen molar-refractivity contribution in [1.82, 2.24) is 4.90 Å². The fourth-order valence-electron chi connectivity index (χ4n) is 1.84. The van der Waals surface area contributed by atoms with E-state index in [2.05, 4.69) is 0 Å². The zero-order chi connectivity index (χ0) is 13.0. The van der Waals surface area contributed by atoms with Crippen molar-refractivity contribution < 1.29 is 14.3 Å². The molecule has 98 valence electrons. The molecule has 0 aromatic heterocycles. The molecule has 1 fully saturated rings. The Balaban J connectivity index is 1.94. The fraction of sp³-hybridized carbons (Fsp3) is 0.462. The molecule has 1 aliphatic rings. The van der Waals surface area contributed by atoms with Gasteiger partial charge in [0.25, 0.3) is 5.91 Å². The monoisotopic (exact) mass is 269 g/mol. The normalized spacial score (nSPS) is 17.3. The van der Waals surface area contributed by atoms with E-state index in [0.29, 0.717) is 37.1 Å². The van der Waals surface area contributed by atoms with Crippen molar-refractivity contribution in [3.8, 4) is 5.75 Å². The molecule has 1 unspecified atom stereocenters. The highest BCUT2D eigenvalue weighted by molar-refractivity contribution is 6.30. The molecule has 4 nitrogen and oxygen atoms in total. The topological polar surface area (TPSA) is 38.8 Å². The predicted molar refractivity (Wildman–Crippen MR) is 68.9 cm³/mol. The van der Waals surface area contributed by atoms with Crippen LogP contribution < -0.4 is 4.74 Å². The van der Waals surface area contributed by atoms with E-state index in [1.54, 1.807) is 36.1 Å². The first-order chi connectivity index (χ1) is 8.66. The van der Waals surface area contributed by atoms with Gasteiger partial charge in [-0.3, -0.25) is 4.79 Å². The van der Waals surface area contributed by atoms with E-state index in [-0.39, 0.29) is 5.91 Å². The number of rotatable bonds is 3. The number of benzene rings is 1. The Kier molecular flexibility index (Phi) is 4.44. The Morgan fingerprint density at radius 3 is 2.83 bits per heavy atom. The Labute approximate surface area is 111 Å². The summed E-state index contributed by atoms with van der Waals surface area (Å²) >= 11 is 5.86. The van der Waals surface area contributed by atoms with Crippen LogP contribution in [0, 0.1) is 0 Å². The minimum Gasteiger partial charge on any atom is -0.481 e. The van der Waals surface area contributed by atoms with E-state index in [9.17, 15) is 4.79 Å². The van der Waals surface area contributed by atoms with Crippen LogP contribution in [0.5, 0.6) is 5.75 Å². The van der Waals surface area contributed by atoms with E-state index in [4.69, 9.17) is 21.1 Å². The number of hydrogen-bond donors (Lipinski definition) is 0. The summed E-state index contributed by atoms with van der Waals surface area (Å²) in [7, 11) is 0. The molecule has 1 aliphatic heterocycles. The van der Waals surface area contributed by atoms with Gasteiger partial charge < -0.3 is 14.4 Å². The summed E-state index contributed by atoms with van der Waals surface area (Å²) in [5, 5.41) is 0.596. The largest absolute Gasteiger partial charge is 0.481 e. The molecule has 0 spiro atoms. The van der Waals surface area contributed by atoms with Crippen molar-refractivity contribution >= 4 is 17.5 Å². The molecular weight excluding hydrogens is 254 g/mol. The molecule has 0 bridgehead atoms. The smallest absolute Gasteiger partial charge is 0.263 e. The number of hydrogen-bond acceptors (Lipinski definition) is 3. The van der Waals surface area contributed by atoms with Crippen LogP contribution in [-0.4, -0.2) is 43.2 Å².